The molecule has 0 saturated carbocycles. The van der Waals surface area contributed by atoms with Crippen molar-refractivity contribution >= 4 is 12.0 Å². The molecular formula is C15H28N2O3. The van der Waals surface area contributed by atoms with Gasteiger partial charge >= 0.3 is 12.0 Å². The lowest BCUT2D eigenvalue weighted by molar-refractivity contribution is -0.137. The van der Waals surface area contributed by atoms with Gasteiger partial charge in [-0.1, -0.05) is 20.3 Å². The van der Waals surface area contributed by atoms with Crippen LogP contribution in [0.3, 0.4) is 0 Å². The van der Waals surface area contributed by atoms with Crippen molar-refractivity contribution in [2.75, 3.05) is 13.1 Å². The van der Waals surface area contributed by atoms with Gasteiger partial charge in [-0.2, -0.15) is 0 Å². The van der Waals surface area contributed by atoms with Crippen molar-refractivity contribution in [2.24, 2.45) is 11.8 Å². The molecule has 3 unspecified atom stereocenters. The van der Waals surface area contributed by atoms with Crippen LogP contribution >= 0.6 is 0 Å². The molecular weight excluding hydrogens is 256 g/mol. The van der Waals surface area contributed by atoms with Crippen molar-refractivity contribution in [3.05, 3.63) is 0 Å². The van der Waals surface area contributed by atoms with Gasteiger partial charge in [0.25, 0.3) is 0 Å². The lowest BCUT2D eigenvalue weighted by atomic mass is 9.93. The van der Waals surface area contributed by atoms with Gasteiger partial charge in [-0.3, -0.25) is 4.79 Å². The van der Waals surface area contributed by atoms with Gasteiger partial charge in [-0.05, 0) is 38.0 Å². The van der Waals surface area contributed by atoms with Crippen molar-refractivity contribution in [1.82, 2.24) is 10.2 Å². The molecule has 1 rings (SSSR count). The van der Waals surface area contributed by atoms with Gasteiger partial charge in [0.05, 0.1) is 0 Å². The Labute approximate surface area is 121 Å². The Morgan fingerprint density at radius 1 is 1.40 bits per heavy atom. The first kappa shape index (κ1) is 16.8. The molecule has 20 heavy (non-hydrogen) atoms. The van der Waals surface area contributed by atoms with Crippen LogP contribution in [0.25, 0.3) is 0 Å². The van der Waals surface area contributed by atoms with Crippen LogP contribution in [0, 0.1) is 11.8 Å². The number of carbonyl (C=O) groups is 2. The Balaban J connectivity index is 2.41. The number of amides is 2. The minimum atomic E-state index is -0.753. The van der Waals surface area contributed by atoms with E-state index in [0.717, 1.165) is 25.8 Å². The summed E-state index contributed by atoms with van der Waals surface area (Å²) in [6.07, 6.45) is 3.90. The molecule has 0 bridgehead atoms. The zero-order valence-corrected chi connectivity index (χ0v) is 12.9. The third kappa shape index (κ3) is 5.39. The SMILES string of the molecule is CCC(C)C(C)NC(=O)N1CCCC(CCC(=O)O)C1. The fraction of sp³-hybridized carbons (Fsp3) is 0.867. The number of likely N-dealkylation sites (tertiary alicyclic amines) is 1. The third-order valence-corrected chi connectivity index (χ3v) is 4.42. The number of nitrogens with zero attached hydrogens (tertiary/aromatic N) is 1. The highest BCUT2D eigenvalue weighted by atomic mass is 16.4. The van der Waals surface area contributed by atoms with Crippen molar-refractivity contribution in [2.45, 2.75) is 58.9 Å². The maximum absolute atomic E-state index is 12.2. The van der Waals surface area contributed by atoms with E-state index in [0.29, 0.717) is 24.8 Å². The molecule has 3 atom stereocenters. The summed E-state index contributed by atoms with van der Waals surface area (Å²) in [5.41, 5.74) is 0. The normalized spacial score (nSPS) is 22.1. The highest BCUT2D eigenvalue weighted by Crippen LogP contribution is 2.21. The fourth-order valence-electron chi connectivity index (χ4n) is 2.59. The lowest BCUT2D eigenvalue weighted by Gasteiger charge is -2.34. The molecule has 1 fully saturated rings. The molecule has 1 heterocycles. The summed E-state index contributed by atoms with van der Waals surface area (Å²) < 4.78 is 0. The minimum absolute atomic E-state index is 0.00201. The first-order valence-electron chi connectivity index (χ1n) is 7.71. The van der Waals surface area contributed by atoms with Crippen LogP contribution in [-0.4, -0.2) is 41.1 Å². The number of carboxylic acids is 1. The predicted octanol–water partition coefficient (Wildman–Crippen LogP) is 2.71. The van der Waals surface area contributed by atoms with Crippen LogP contribution in [-0.2, 0) is 4.79 Å². The summed E-state index contributed by atoms with van der Waals surface area (Å²) in [7, 11) is 0. The predicted molar refractivity (Wildman–Crippen MR) is 78.6 cm³/mol. The van der Waals surface area contributed by atoms with Crippen LogP contribution in [0.5, 0.6) is 0 Å². The molecule has 0 radical (unpaired) electrons. The van der Waals surface area contributed by atoms with E-state index in [9.17, 15) is 9.59 Å². The quantitative estimate of drug-likeness (QED) is 0.788. The first-order chi connectivity index (χ1) is 9.43. The molecule has 0 spiro atoms. The number of hydrogen-bond donors (Lipinski definition) is 2. The molecule has 0 aromatic heterocycles. The maximum Gasteiger partial charge on any atom is 0.317 e. The average molecular weight is 284 g/mol. The zero-order chi connectivity index (χ0) is 15.1. The van der Waals surface area contributed by atoms with E-state index in [2.05, 4.69) is 19.2 Å². The summed E-state index contributed by atoms with van der Waals surface area (Å²) >= 11 is 0. The number of carboxylic acid groups (broad SMARTS) is 1. The number of nitrogens with one attached hydrogen (secondary N) is 1. The van der Waals surface area contributed by atoms with Crippen LogP contribution in [0.4, 0.5) is 4.79 Å². The second-order valence-electron chi connectivity index (χ2n) is 6.01. The summed E-state index contributed by atoms with van der Waals surface area (Å²) in [4.78, 5) is 24.7. The van der Waals surface area contributed by atoms with Gasteiger partial charge in [0.2, 0.25) is 0 Å². The molecule has 0 aromatic rings. The Kier molecular flexibility index (Phi) is 6.82. The van der Waals surface area contributed by atoms with E-state index < -0.39 is 5.97 Å². The van der Waals surface area contributed by atoms with Crippen molar-refractivity contribution < 1.29 is 14.7 Å². The molecule has 1 aliphatic heterocycles. The Morgan fingerprint density at radius 2 is 2.10 bits per heavy atom. The molecule has 1 aliphatic rings. The highest BCUT2D eigenvalue weighted by molar-refractivity contribution is 5.74. The molecule has 0 aromatic carbocycles. The largest absolute Gasteiger partial charge is 0.481 e. The van der Waals surface area contributed by atoms with E-state index in [4.69, 9.17) is 5.11 Å². The van der Waals surface area contributed by atoms with Gasteiger partial charge in [0.15, 0.2) is 0 Å². The summed E-state index contributed by atoms with van der Waals surface area (Å²) in [5.74, 6) is 0.0352. The van der Waals surface area contributed by atoms with E-state index in [1.807, 2.05) is 11.8 Å². The molecule has 0 aliphatic carbocycles. The summed E-state index contributed by atoms with van der Waals surface area (Å²) in [6, 6.07) is 0.171. The Bertz CT molecular complexity index is 333. The molecule has 1 saturated heterocycles. The number of hydrogen-bond acceptors (Lipinski definition) is 2. The van der Waals surface area contributed by atoms with Gasteiger partial charge in [0, 0.05) is 25.6 Å². The van der Waals surface area contributed by atoms with Crippen molar-refractivity contribution in [1.29, 1.82) is 0 Å². The Hall–Kier alpha value is -1.26. The summed E-state index contributed by atoms with van der Waals surface area (Å²) in [5, 5.41) is 11.8. The van der Waals surface area contributed by atoms with Crippen molar-refractivity contribution in [3.63, 3.8) is 0 Å². The monoisotopic (exact) mass is 284 g/mol. The molecule has 2 N–H and O–H groups in total. The standard InChI is InChI=1S/C15H28N2O3/c1-4-11(2)12(3)16-15(20)17-9-5-6-13(10-17)7-8-14(18)19/h11-13H,4-10H2,1-3H3,(H,16,20)(H,18,19). The molecule has 116 valence electrons. The smallest absolute Gasteiger partial charge is 0.317 e. The molecule has 5 nitrogen and oxygen atoms in total. The maximum atomic E-state index is 12.2. The number of urea groups is 1. The minimum Gasteiger partial charge on any atom is -0.481 e. The van der Waals surface area contributed by atoms with Crippen LogP contribution in [0.2, 0.25) is 0 Å². The summed E-state index contributed by atoms with van der Waals surface area (Å²) in [6.45, 7) is 7.76. The fourth-order valence-corrected chi connectivity index (χ4v) is 2.59. The zero-order valence-electron chi connectivity index (χ0n) is 12.9. The number of aliphatic carboxylic acids is 1. The van der Waals surface area contributed by atoms with Crippen LogP contribution < -0.4 is 5.32 Å². The second-order valence-corrected chi connectivity index (χ2v) is 6.01. The molecule has 5 heteroatoms. The second kappa shape index (κ2) is 8.12. The topological polar surface area (TPSA) is 69.6 Å². The Morgan fingerprint density at radius 3 is 2.70 bits per heavy atom. The molecule has 2 amide bonds. The lowest BCUT2D eigenvalue weighted by Crippen LogP contribution is -2.49. The van der Waals surface area contributed by atoms with Crippen molar-refractivity contribution in [3.8, 4) is 0 Å². The van der Waals surface area contributed by atoms with Gasteiger partial charge in [0.1, 0.15) is 0 Å². The number of rotatable bonds is 6. The number of piperidine rings is 1. The van der Waals surface area contributed by atoms with Gasteiger partial charge in [-0.25, -0.2) is 4.79 Å². The van der Waals surface area contributed by atoms with Gasteiger partial charge in [-0.15, -0.1) is 0 Å². The van der Waals surface area contributed by atoms with E-state index in [1.165, 1.54) is 0 Å². The van der Waals surface area contributed by atoms with E-state index in [1.54, 1.807) is 0 Å². The van der Waals surface area contributed by atoms with Crippen LogP contribution in [0.15, 0.2) is 0 Å². The third-order valence-electron chi connectivity index (χ3n) is 4.42. The highest BCUT2D eigenvalue weighted by Gasteiger charge is 2.25. The number of carbonyl (C=O) groups excluding carboxylic acids is 1. The first-order valence-corrected chi connectivity index (χ1v) is 7.71. The van der Waals surface area contributed by atoms with Gasteiger partial charge < -0.3 is 15.3 Å². The van der Waals surface area contributed by atoms with E-state index >= 15 is 0 Å². The van der Waals surface area contributed by atoms with E-state index in [-0.39, 0.29) is 18.5 Å². The van der Waals surface area contributed by atoms with Crippen LogP contribution in [0.1, 0.15) is 52.9 Å². The average Bonchev–Trinajstić information content (AvgIpc) is 2.44.